The van der Waals surface area contributed by atoms with Crippen LogP contribution >= 0.6 is 0 Å². The Labute approximate surface area is 242 Å². The van der Waals surface area contributed by atoms with Crippen molar-refractivity contribution in [3.63, 3.8) is 0 Å². The van der Waals surface area contributed by atoms with Gasteiger partial charge in [-0.15, -0.1) is 0 Å². The van der Waals surface area contributed by atoms with Crippen molar-refractivity contribution in [2.45, 2.75) is 25.3 Å². The highest BCUT2D eigenvalue weighted by atomic mass is 19.1. The average molecular weight is 572 g/mol. The highest BCUT2D eigenvalue weighted by Gasteiger charge is 2.27. The molecule has 1 N–H and O–H groups in total. The molecule has 1 amide bonds. The third-order valence-electron chi connectivity index (χ3n) is 7.90. The summed E-state index contributed by atoms with van der Waals surface area (Å²) in [6, 6.07) is 12.1. The molecule has 0 aliphatic carbocycles. The number of rotatable bonds is 6. The lowest BCUT2D eigenvalue weighted by atomic mass is 10.0. The van der Waals surface area contributed by atoms with Crippen LogP contribution in [0.3, 0.4) is 0 Å². The number of piperazine rings is 1. The van der Waals surface area contributed by atoms with Crippen LogP contribution in [0.4, 0.5) is 20.3 Å². The molecule has 0 spiro atoms. The Morgan fingerprint density at radius 1 is 1.07 bits per heavy atom. The van der Waals surface area contributed by atoms with E-state index in [0.29, 0.717) is 42.8 Å². The highest BCUT2D eigenvalue weighted by molar-refractivity contribution is 5.78. The van der Waals surface area contributed by atoms with Gasteiger partial charge in [0.05, 0.1) is 12.3 Å². The van der Waals surface area contributed by atoms with Crippen LogP contribution in [0.5, 0.6) is 0 Å². The van der Waals surface area contributed by atoms with Gasteiger partial charge in [0.15, 0.2) is 17.5 Å². The van der Waals surface area contributed by atoms with E-state index >= 15 is 4.39 Å². The van der Waals surface area contributed by atoms with Gasteiger partial charge in [-0.05, 0) is 44.2 Å². The molecule has 5 heterocycles. The van der Waals surface area contributed by atoms with E-state index < -0.39 is 11.6 Å². The minimum absolute atomic E-state index is 0.0101. The molecule has 6 rings (SSSR count). The third kappa shape index (κ3) is 5.60. The molecule has 0 radical (unpaired) electrons. The average Bonchev–Trinajstić information content (AvgIpc) is 3.42. The molecule has 42 heavy (non-hydrogen) atoms. The number of benzene rings is 1. The molecule has 2 fully saturated rings. The lowest BCUT2D eigenvalue weighted by Crippen LogP contribution is -2.45. The molecule has 0 unspecified atom stereocenters. The van der Waals surface area contributed by atoms with Gasteiger partial charge >= 0.3 is 0 Å². The molecule has 216 valence electrons. The second-order valence-corrected chi connectivity index (χ2v) is 10.8. The molecule has 2 aliphatic heterocycles. The van der Waals surface area contributed by atoms with Gasteiger partial charge in [-0.25, -0.2) is 23.7 Å². The van der Waals surface area contributed by atoms with E-state index in [9.17, 15) is 9.18 Å². The van der Waals surface area contributed by atoms with E-state index in [-0.39, 0.29) is 35.7 Å². The van der Waals surface area contributed by atoms with Crippen LogP contribution in [0.1, 0.15) is 19.3 Å². The summed E-state index contributed by atoms with van der Waals surface area (Å²) in [5.74, 6) is -1.15. The van der Waals surface area contributed by atoms with Crippen LogP contribution in [0.25, 0.3) is 28.4 Å². The number of likely N-dealkylation sites (N-methyl/N-ethyl adjacent to an activating group) is 1. The summed E-state index contributed by atoms with van der Waals surface area (Å²) >= 11 is 0. The summed E-state index contributed by atoms with van der Waals surface area (Å²) in [4.78, 5) is 32.0. The summed E-state index contributed by atoms with van der Waals surface area (Å²) in [5, 5.41) is 12.1. The first-order valence-corrected chi connectivity index (χ1v) is 14.1. The van der Waals surface area contributed by atoms with Gasteiger partial charge in [-0.2, -0.15) is 5.26 Å². The van der Waals surface area contributed by atoms with E-state index in [4.69, 9.17) is 5.26 Å². The fourth-order valence-corrected chi connectivity index (χ4v) is 5.56. The minimum Gasteiger partial charge on any atom is -0.369 e. The van der Waals surface area contributed by atoms with Crippen LogP contribution in [-0.2, 0) is 4.79 Å². The molecule has 0 saturated carbocycles. The van der Waals surface area contributed by atoms with E-state index in [1.807, 2.05) is 30.3 Å². The Kier molecular flexibility index (Phi) is 7.67. The largest absolute Gasteiger partial charge is 0.369 e. The van der Waals surface area contributed by atoms with E-state index in [2.05, 4.69) is 37.1 Å². The first-order valence-electron chi connectivity index (χ1n) is 14.1. The quantitative estimate of drug-likeness (QED) is 0.373. The molecular weight excluding hydrogens is 540 g/mol. The zero-order valence-corrected chi connectivity index (χ0v) is 23.3. The summed E-state index contributed by atoms with van der Waals surface area (Å²) < 4.78 is 31.9. The summed E-state index contributed by atoms with van der Waals surface area (Å²) in [7, 11) is 2.11. The van der Waals surface area contributed by atoms with Crippen molar-refractivity contribution in [1.29, 1.82) is 5.26 Å². The Balaban J connectivity index is 1.37. The van der Waals surface area contributed by atoms with Crippen molar-refractivity contribution >= 4 is 23.1 Å². The van der Waals surface area contributed by atoms with Crippen LogP contribution < -0.4 is 10.2 Å². The maximum Gasteiger partial charge on any atom is 0.236 e. The number of amides is 1. The van der Waals surface area contributed by atoms with E-state index in [0.717, 1.165) is 31.9 Å². The van der Waals surface area contributed by atoms with Gasteiger partial charge in [0.25, 0.3) is 0 Å². The van der Waals surface area contributed by atoms with Crippen molar-refractivity contribution in [1.82, 2.24) is 29.2 Å². The monoisotopic (exact) mass is 571 g/mol. The molecule has 10 nitrogen and oxygen atoms in total. The number of carbonyl (C=O) groups excluding carboxylic acids is 1. The topological polar surface area (TPSA) is 106 Å². The molecule has 2 saturated heterocycles. The van der Waals surface area contributed by atoms with Gasteiger partial charge in [0.1, 0.15) is 29.3 Å². The van der Waals surface area contributed by atoms with Crippen molar-refractivity contribution < 1.29 is 13.6 Å². The van der Waals surface area contributed by atoms with Crippen molar-refractivity contribution in [3.05, 3.63) is 60.4 Å². The molecule has 4 aromatic rings. The van der Waals surface area contributed by atoms with Crippen molar-refractivity contribution in [2.75, 3.05) is 56.5 Å². The van der Waals surface area contributed by atoms with Crippen molar-refractivity contribution in [3.8, 4) is 28.8 Å². The van der Waals surface area contributed by atoms with Crippen LogP contribution in [-0.4, -0.2) is 87.4 Å². The van der Waals surface area contributed by atoms with Gasteiger partial charge < -0.3 is 20.0 Å². The number of nitrogens with zero attached hydrogens (tertiary/aromatic N) is 8. The van der Waals surface area contributed by atoms with Crippen LogP contribution in [0.15, 0.2) is 48.8 Å². The lowest BCUT2D eigenvalue weighted by Gasteiger charge is -2.34. The molecule has 1 atom stereocenters. The maximum atomic E-state index is 16.2. The predicted molar refractivity (Wildman–Crippen MR) is 155 cm³/mol. The predicted octanol–water partition coefficient (Wildman–Crippen LogP) is 3.80. The van der Waals surface area contributed by atoms with E-state index in [1.54, 1.807) is 11.0 Å². The number of likely N-dealkylation sites (tertiary alicyclic amines) is 1. The molecule has 3 aromatic heterocycles. The first-order chi connectivity index (χ1) is 20.4. The molecular formula is C30H31F2N9O. The number of nitriles is 1. The second-order valence-electron chi connectivity index (χ2n) is 10.8. The highest BCUT2D eigenvalue weighted by Crippen LogP contribution is 2.31. The molecule has 12 heteroatoms. The number of pyridine rings is 1. The maximum absolute atomic E-state index is 16.2. The number of piperidine rings is 1. The standard InChI is InChI=1S/C30H31F2N9O/c1-38-13-15-39(16-14-38)23-7-4-20(5-8-23)28-27(32)30(35-22-3-2-12-40(19-22)26(42)10-11-33)37-29(36-28)24-17-34-25-9-6-21(31)18-41(24)25/h4-9,17-18,22H,2-3,10,12-16,19H2,1H3,(H,35,36,37)/t22-/m1/s1. The SMILES string of the molecule is CN1CCN(c2ccc(-c3nc(-c4cnc5ccc(F)cn45)nc(N[C@@H]4CCCN(C(=O)CC#N)C4)c3F)cc2)CC1. The molecule has 1 aromatic carbocycles. The lowest BCUT2D eigenvalue weighted by molar-refractivity contribution is -0.131. The second kappa shape index (κ2) is 11.7. The Morgan fingerprint density at radius 3 is 2.62 bits per heavy atom. The molecule has 2 aliphatic rings. The van der Waals surface area contributed by atoms with Gasteiger partial charge in [-0.3, -0.25) is 9.20 Å². The Hall–Kier alpha value is -4.63. The van der Waals surface area contributed by atoms with Crippen LogP contribution in [0.2, 0.25) is 0 Å². The Bertz CT molecular complexity index is 1640. The number of anilines is 2. The number of hydrogen-bond donors (Lipinski definition) is 1. The van der Waals surface area contributed by atoms with Crippen molar-refractivity contribution in [2.24, 2.45) is 0 Å². The summed E-state index contributed by atoms with van der Waals surface area (Å²) in [5.41, 5.74) is 2.66. The summed E-state index contributed by atoms with van der Waals surface area (Å²) in [6.45, 7) is 4.65. The number of fused-ring (bicyclic) bond motifs is 1. The zero-order chi connectivity index (χ0) is 29.2. The van der Waals surface area contributed by atoms with Crippen LogP contribution in [0, 0.1) is 23.0 Å². The number of carbonyl (C=O) groups is 1. The number of nitrogens with one attached hydrogen (secondary N) is 1. The van der Waals surface area contributed by atoms with Gasteiger partial charge in [0, 0.05) is 62.8 Å². The van der Waals surface area contributed by atoms with Gasteiger partial charge in [-0.1, -0.05) is 12.1 Å². The summed E-state index contributed by atoms with van der Waals surface area (Å²) in [6.07, 6.45) is 4.04. The fourth-order valence-electron chi connectivity index (χ4n) is 5.56. The Morgan fingerprint density at radius 2 is 1.86 bits per heavy atom. The van der Waals surface area contributed by atoms with E-state index in [1.165, 1.54) is 22.9 Å². The van der Waals surface area contributed by atoms with Gasteiger partial charge in [0.2, 0.25) is 5.91 Å². The zero-order valence-electron chi connectivity index (χ0n) is 23.3. The number of hydrogen-bond acceptors (Lipinski definition) is 8. The first kappa shape index (κ1) is 27.5. The molecule has 0 bridgehead atoms. The smallest absolute Gasteiger partial charge is 0.236 e. The minimum atomic E-state index is -0.619. The number of aromatic nitrogens is 4. The number of imidazole rings is 1. The fraction of sp³-hybridized carbons (Fsp3) is 0.367. The number of halogens is 2. The normalized spacial score (nSPS) is 17.8. The third-order valence-corrected chi connectivity index (χ3v) is 7.90.